The monoisotopic (exact) mass is 238 g/mol. The van der Waals surface area contributed by atoms with Crippen LogP contribution in [0, 0.1) is 0 Å². The van der Waals surface area contributed by atoms with E-state index in [0.29, 0.717) is 13.1 Å². The molecule has 1 aliphatic rings. The van der Waals surface area contributed by atoms with E-state index in [1.54, 1.807) is 11.2 Å². The largest absolute Gasteiger partial charge is 0.329 e. The maximum atomic E-state index is 11.9. The first-order valence-corrected chi connectivity index (χ1v) is 7.51. The van der Waals surface area contributed by atoms with Crippen LogP contribution < -0.4 is 5.73 Å². The molecule has 1 unspecified atom stereocenters. The lowest BCUT2D eigenvalue weighted by Crippen LogP contribution is -2.41. The summed E-state index contributed by atoms with van der Waals surface area (Å²) < 4.78 is 25.4. The highest BCUT2D eigenvalue weighted by atomic mass is 32.2. The summed E-state index contributed by atoms with van der Waals surface area (Å²) >= 11 is 1.82. The lowest BCUT2D eigenvalue weighted by molar-refractivity contribution is 0.428. The number of hydrogen-bond acceptors (Lipinski definition) is 4. The van der Waals surface area contributed by atoms with Crippen LogP contribution in [0.1, 0.15) is 13.3 Å². The van der Waals surface area contributed by atoms with E-state index < -0.39 is 15.3 Å². The minimum atomic E-state index is -3.14. The predicted molar refractivity (Wildman–Crippen MR) is 61.0 cm³/mol. The van der Waals surface area contributed by atoms with Crippen LogP contribution in [0.5, 0.6) is 0 Å². The van der Waals surface area contributed by atoms with Gasteiger partial charge in [0, 0.05) is 25.4 Å². The number of sulfonamides is 1. The molecule has 2 N–H and O–H groups in total. The molecule has 1 heterocycles. The molecule has 4 nitrogen and oxygen atoms in total. The van der Waals surface area contributed by atoms with Crippen molar-refractivity contribution in [2.45, 2.75) is 18.6 Å². The Morgan fingerprint density at radius 3 is 2.79 bits per heavy atom. The Morgan fingerprint density at radius 1 is 1.43 bits per heavy atom. The van der Waals surface area contributed by atoms with Gasteiger partial charge in [0.1, 0.15) is 0 Å². The number of nitrogens with zero attached hydrogens (tertiary/aromatic N) is 1. The fourth-order valence-corrected chi connectivity index (χ4v) is 3.84. The van der Waals surface area contributed by atoms with Gasteiger partial charge in [-0.1, -0.05) is 0 Å². The third kappa shape index (κ3) is 2.85. The summed E-state index contributed by atoms with van der Waals surface area (Å²) in [5, 5.41) is -0.453. The van der Waals surface area contributed by atoms with Crippen LogP contribution in [0.15, 0.2) is 0 Å². The Bertz CT molecular complexity index is 259. The van der Waals surface area contributed by atoms with Gasteiger partial charge >= 0.3 is 0 Å². The minimum absolute atomic E-state index is 0.200. The van der Waals surface area contributed by atoms with Gasteiger partial charge < -0.3 is 5.73 Å². The van der Waals surface area contributed by atoms with E-state index in [1.807, 2.05) is 11.8 Å². The number of nitrogens with two attached hydrogens (primary N) is 1. The molecule has 0 aromatic heterocycles. The summed E-state index contributed by atoms with van der Waals surface area (Å²) in [5.41, 5.74) is 5.39. The number of rotatable bonds is 3. The molecule has 0 bridgehead atoms. The van der Waals surface area contributed by atoms with E-state index in [-0.39, 0.29) is 6.54 Å². The van der Waals surface area contributed by atoms with Crippen molar-refractivity contribution in [3.05, 3.63) is 0 Å². The molecule has 0 amide bonds. The third-order valence-corrected chi connectivity index (χ3v) is 5.72. The Kier molecular flexibility index (Phi) is 4.69. The van der Waals surface area contributed by atoms with E-state index in [4.69, 9.17) is 5.73 Å². The molecule has 0 saturated carbocycles. The molecule has 0 spiro atoms. The van der Waals surface area contributed by atoms with E-state index in [2.05, 4.69) is 0 Å². The molecule has 1 saturated heterocycles. The zero-order chi connectivity index (χ0) is 10.6. The van der Waals surface area contributed by atoms with Crippen molar-refractivity contribution in [2.75, 3.05) is 31.1 Å². The highest BCUT2D eigenvalue weighted by molar-refractivity contribution is 7.99. The Balaban J connectivity index is 2.69. The Morgan fingerprint density at radius 2 is 2.14 bits per heavy atom. The van der Waals surface area contributed by atoms with Gasteiger partial charge in [-0.3, -0.25) is 0 Å². The van der Waals surface area contributed by atoms with Crippen LogP contribution >= 0.6 is 11.8 Å². The molecular formula is C8H18N2O2S2. The van der Waals surface area contributed by atoms with Crippen LogP contribution in [0.25, 0.3) is 0 Å². The second-order valence-electron chi connectivity index (χ2n) is 3.46. The van der Waals surface area contributed by atoms with E-state index in [1.165, 1.54) is 0 Å². The third-order valence-electron chi connectivity index (χ3n) is 2.38. The zero-order valence-corrected chi connectivity index (χ0v) is 10.1. The molecule has 0 aromatic carbocycles. The van der Waals surface area contributed by atoms with Gasteiger partial charge in [0.2, 0.25) is 10.0 Å². The normalized spacial score (nSPS) is 23.0. The fourth-order valence-electron chi connectivity index (χ4n) is 1.35. The molecule has 84 valence electrons. The Labute approximate surface area is 90.3 Å². The van der Waals surface area contributed by atoms with Gasteiger partial charge in [-0.25, -0.2) is 12.7 Å². The maximum absolute atomic E-state index is 11.9. The Hall–Kier alpha value is 0.220. The number of thioether (sulfide) groups is 1. The van der Waals surface area contributed by atoms with Gasteiger partial charge in [0.05, 0.1) is 5.25 Å². The van der Waals surface area contributed by atoms with Crippen molar-refractivity contribution in [2.24, 2.45) is 5.73 Å². The predicted octanol–water partition coefficient (Wildman–Crippen LogP) is 0.102. The van der Waals surface area contributed by atoms with E-state index >= 15 is 0 Å². The second-order valence-corrected chi connectivity index (χ2v) is 7.03. The van der Waals surface area contributed by atoms with Crippen molar-refractivity contribution < 1.29 is 8.42 Å². The zero-order valence-electron chi connectivity index (χ0n) is 8.48. The first kappa shape index (κ1) is 12.3. The van der Waals surface area contributed by atoms with Crippen LogP contribution in [0.3, 0.4) is 0 Å². The summed E-state index contributed by atoms with van der Waals surface area (Å²) in [6.45, 7) is 3.16. The SMILES string of the molecule is CC(CN)S(=O)(=O)N1CCCSCC1. The molecule has 0 aromatic rings. The highest BCUT2D eigenvalue weighted by Crippen LogP contribution is 2.15. The van der Waals surface area contributed by atoms with Crippen LogP contribution in [-0.2, 0) is 10.0 Å². The van der Waals surface area contributed by atoms with Gasteiger partial charge in [0.25, 0.3) is 0 Å². The van der Waals surface area contributed by atoms with Gasteiger partial charge in [-0.2, -0.15) is 11.8 Å². The van der Waals surface area contributed by atoms with Crippen molar-refractivity contribution in [1.82, 2.24) is 4.31 Å². The first-order valence-electron chi connectivity index (χ1n) is 4.86. The molecule has 1 atom stereocenters. The van der Waals surface area contributed by atoms with Gasteiger partial charge in [-0.05, 0) is 19.1 Å². The summed E-state index contributed by atoms with van der Waals surface area (Å²) in [5.74, 6) is 1.96. The molecule has 1 aliphatic heterocycles. The van der Waals surface area contributed by atoms with E-state index in [9.17, 15) is 8.42 Å². The van der Waals surface area contributed by atoms with Crippen molar-refractivity contribution >= 4 is 21.8 Å². The summed E-state index contributed by atoms with van der Waals surface area (Å²) in [6, 6.07) is 0. The van der Waals surface area contributed by atoms with Gasteiger partial charge in [0.15, 0.2) is 0 Å². The summed E-state index contributed by atoms with van der Waals surface area (Å²) in [7, 11) is -3.14. The number of hydrogen-bond donors (Lipinski definition) is 1. The fraction of sp³-hybridized carbons (Fsp3) is 1.00. The lowest BCUT2D eigenvalue weighted by atomic mass is 10.5. The minimum Gasteiger partial charge on any atom is -0.329 e. The van der Waals surface area contributed by atoms with E-state index in [0.717, 1.165) is 17.9 Å². The van der Waals surface area contributed by atoms with Crippen LogP contribution in [0.2, 0.25) is 0 Å². The standard InChI is InChI=1S/C8H18N2O2S2/c1-8(7-9)14(11,12)10-3-2-5-13-6-4-10/h8H,2-7,9H2,1H3. The molecule has 1 rings (SSSR count). The van der Waals surface area contributed by atoms with Crippen LogP contribution in [0.4, 0.5) is 0 Å². The average molecular weight is 238 g/mol. The van der Waals surface area contributed by atoms with Crippen molar-refractivity contribution in [1.29, 1.82) is 0 Å². The lowest BCUT2D eigenvalue weighted by Gasteiger charge is -2.23. The van der Waals surface area contributed by atoms with Gasteiger partial charge in [-0.15, -0.1) is 0 Å². The molecule has 0 aliphatic carbocycles. The quantitative estimate of drug-likeness (QED) is 0.757. The summed E-state index contributed by atoms with van der Waals surface area (Å²) in [4.78, 5) is 0. The highest BCUT2D eigenvalue weighted by Gasteiger charge is 2.27. The van der Waals surface area contributed by atoms with Crippen LogP contribution in [-0.4, -0.2) is 49.1 Å². The van der Waals surface area contributed by atoms with Crippen molar-refractivity contribution in [3.63, 3.8) is 0 Å². The topological polar surface area (TPSA) is 63.4 Å². The molecule has 14 heavy (non-hydrogen) atoms. The molecule has 6 heteroatoms. The maximum Gasteiger partial charge on any atom is 0.217 e. The molecule has 1 fully saturated rings. The van der Waals surface area contributed by atoms with Crippen molar-refractivity contribution in [3.8, 4) is 0 Å². The first-order chi connectivity index (χ1) is 6.59. The average Bonchev–Trinajstić information content (AvgIpc) is 2.44. The summed E-state index contributed by atoms with van der Waals surface area (Å²) in [6.07, 6.45) is 0.946. The smallest absolute Gasteiger partial charge is 0.217 e. The molecular weight excluding hydrogens is 220 g/mol. The second kappa shape index (κ2) is 5.34. The molecule has 0 radical (unpaired) electrons.